The quantitative estimate of drug-likeness (QED) is 0.514. The summed E-state index contributed by atoms with van der Waals surface area (Å²) < 4.78 is 5.03. The van der Waals surface area contributed by atoms with Crippen LogP contribution in [0.25, 0.3) is 0 Å². The summed E-state index contributed by atoms with van der Waals surface area (Å²) in [4.78, 5) is 50.1. The van der Waals surface area contributed by atoms with Gasteiger partial charge in [0.2, 0.25) is 0 Å². The Morgan fingerprint density at radius 3 is 2.68 bits per heavy atom. The highest BCUT2D eigenvalue weighted by Crippen LogP contribution is 2.20. The highest BCUT2D eigenvalue weighted by molar-refractivity contribution is 6.07. The van der Waals surface area contributed by atoms with Gasteiger partial charge in [-0.15, -0.1) is 0 Å². The molecule has 0 saturated carbocycles. The molecule has 2 heterocycles. The summed E-state index contributed by atoms with van der Waals surface area (Å²) in [5.74, 6) is -1.44. The number of amides is 4. The zero-order chi connectivity index (χ0) is 18.6. The molecule has 0 aromatic carbocycles. The van der Waals surface area contributed by atoms with Gasteiger partial charge >= 0.3 is 12.0 Å². The second kappa shape index (κ2) is 7.81. The summed E-state index contributed by atoms with van der Waals surface area (Å²) in [5.41, 5.74) is 1.36. The summed E-state index contributed by atoms with van der Waals surface area (Å²) in [5, 5.41) is 3.31. The maximum atomic E-state index is 12.3. The summed E-state index contributed by atoms with van der Waals surface area (Å²) in [6.07, 6.45) is 1.95. The van der Waals surface area contributed by atoms with Crippen molar-refractivity contribution in [3.05, 3.63) is 0 Å². The molecular weight excluding hydrogens is 328 g/mol. The smallest absolute Gasteiger partial charge is 0.344 e. The third kappa shape index (κ3) is 4.28. The molecule has 0 spiro atoms. The Kier molecular flexibility index (Phi) is 5.99. The molecule has 0 aromatic rings. The Bertz CT molecular complexity index is 567. The molecule has 4 amide bonds. The van der Waals surface area contributed by atoms with E-state index >= 15 is 0 Å². The Balaban J connectivity index is 1.89. The van der Waals surface area contributed by atoms with E-state index in [1.54, 1.807) is 20.8 Å². The summed E-state index contributed by atoms with van der Waals surface area (Å²) in [6, 6.07) is -0.634. The Hall–Kier alpha value is -2.16. The summed E-state index contributed by atoms with van der Waals surface area (Å²) in [6.45, 7) is 6.61. The first kappa shape index (κ1) is 19.2. The van der Waals surface area contributed by atoms with Crippen LogP contribution < -0.4 is 10.7 Å². The number of likely N-dealkylation sites (tertiary alicyclic amines) is 1. The van der Waals surface area contributed by atoms with Gasteiger partial charge in [0.15, 0.2) is 0 Å². The van der Waals surface area contributed by atoms with Crippen LogP contribution in [0.15, 0.2) is 0 Å². The number of piperidine rings is 1. The summed E-state index contributed by atoms with van der Waals surface area (Å²) >= 11 is 0. The lowest BCUT2D eigenvalue weighted by molar-refractivity contribution is -0.150. The number of carbonyl (C=O) groups excluding carboxylic acids is 4. The van der Waals surface area contributed by atoms with Gasteiger partial charge in [-0.2, -0.15) is 5.01 Å². The Labute approximate surface area is 147 Å². The van der Waals surface area contributed by atoms with Crippen LogP contribution in [0.3, 0.4) is 0 Å². The molecule has 2 aliphatic rings. The van der Waals surface area contributed by atoms with Crippen molar-refractivity contribution in [2.24, 2.45) is 5.92 Å². The van der Waals surface area contributed by atoms with Crippen LogP contribution in [0.2, 0.25) is 0 Å². The number of urea groups is 1. The van der Waals surface area contributed by atoms with Crippen molar-refractivity contribution in [2.45, 2.75) is 45.6 Å². The fourth-order valence-corrected chi connectivity index (χ4v) is 3.04. The third-order valence-electron chi connectivity index (χ3n) is 4.70. The molecule has 0 aromatic heterocycles. The van der Waals surface area contributed by atoms with Gasteiger partial charge in [0.25, 0.3) is 11.8 Å². The van der Waals surface area contributed by atoms with E-state index in [0.29, 0.717) is 26.1 Å². The zero-order valence-electron chi connectivity index (χ0n) is 15.0. The largest absolute Gasteiger partial charge is 0.466 e. The van der Waals surface area contributed by atoms with Crippen molar-refractivity contribution in [3.8, 4) is 0 Å². The number of nitrogens with zero attached hydrogens (tertiary/aromatic N) is 2. The van der Waals surface area contributed by atoms with Crippen molar-refractivity contribution in [1.29, 1.82) is 0 Å². The first-order valence-electron chi connectivity index (χ1n) is 8.66. The van der Waals surface area contributed by atoms with E-state index in [9.17, 15) is 19.2 Å². The van der Waals surface area contributed by atoms with Gasteiger partial charge in [-0.1, -0.05) is 6.92 Å². The van der Waals surface area contributed by atoms with Crippen LogP contribution in [0, 0.1) is 5.92 Å². The van der Waals surface area contributed by atoms with Gasteiger partial charge in [-0.3, -0.25) is 24.7 Å². The number of nitrogens with one attached hydrogen (secondary N) is 2. The normalized spacial score (nSPS) is 27.2. The number of esters is 1. The molecule has 2 atom stereocenters. The van der Waals surface area contributed by atoms with Crippen molar-refractivity contribution in [2.75, 3.05) is 26.2 Å². The topological polar surface area (TPSA) is 108 Å². The minimum absolute atomic E-state index is 0.00973. The molecule has 9 heteroatoms. The van der Waals surface area contributed by atoms with Crippen LogP contribution in [-0.4, -0.2) is 65.5 Å². The maximum Gasteiger partial charge on any atom is 0.344 e. The molecule has 2 saturated heterocycles. The number of imide groups is 1. The van der Waals surface area contributed by atoms with Gasteiger partial charge < -0.3 is 10.1 Å². The minimum Gasteiger partial charge on any atom is -0.466 e. The second-order valence-corrected chi connectivity index (χ2v) is 6.62. The SMILES string of the molecule is CCOC(=O)[C@H]1CCCN(CC(=O)NN2C(=O)N[C@@](C)(CC)C2=O)C1. The maximum absolute atomic E-state index is 12.3. The number of hydrogen-bond donors (Lipinski definition) is 2. The molecule has 140 valence electrons. The van der Waals surface area contributed by atoms with E-state index in [0.717, 1.165) is 17.9 Å². The van der Waals surface area contributed by atoms with E-state index in [4.69, 9.17) is 4.74 Å². The Morgan fingerprint density at radius 1 is 1.36 bits per heavy atom. The van der Waals surface area contributed by atoms with Crippen molar-refractivity contribution in [3.63, 3.8) is 0 Å². The van der Waals surface area contributed by atoms with Gasteiger partial charge in [0.1, 0.15) is 5.54 Å². The second-order valence-electron chi connectivity index (χ2n) is 6.62. The van der Waals surface area contributed by atoms with Crippen LogP contribution in [0.4, 0.5) is 4.79 Å². The molecule has 0 bridgehead atoms. The third-order valence-corrected chi connectivity index (χ3v) is 4.70. The fourth-order valence-electron chi connectivity index (χ4n) is 3.04. The van der Waals surface area contributed by atoms with Crippen LogP contribution in [0.1, 0.15) is 40.0 Å². The number of ether oxygens (including phenoxy) is 1. The molecule has 9 nitrogen and oxygen atoms in total. The summed E-state index contributed by atoms with van der Waals surface area (Å²) in [7, 11) is 0. The van der Waals surface area contributed by atoms with Crippen molar-refractivity contribution in [1.82, 2.24) is 20.7 Å². The molecule has 2 fully saturated rings. The van der Waals surface area contributed by atoms with Gasteiger partial charge in [0.05, 0.1) is 19.1 Å². The Morgan fingerprint density at radius 2 is 2.08 bits per heavy atom. The lowest BCUT2D eigenvalue weighted by atomic mass is 9.98. The molecule has 0 unspecified atom stereocenters. The van der Waals surface area contributed by atoms with E-state index in [2.05, 4.69) is 10.7 Å². The van der Waals surface area contributed by atoms with E-state index in [1.165, 1.54) is 0 Å². The van der Waals surface area contributed by atoms with E-state index in [1.807, 2.05) is 4.90 Å². The zero-order valence-corrected chi connectivity index (χ0v) is 15.0. The molecule has 2 aliphatic heterocycles. The molecule has 2 N–H and O–H groups in total. The van der Waals surface area contributed by atoms with E-state index < -0.39 is 23.4 Å². The molecule has 25 heavy (non-hydrogen) atoms. The lowest BCUT2D eigenvalue weighted by Crippen LogP contribution is -2.52. The number of carbonyl (C=O) groups is 4. The van der Waals surface area contributed by atoms with Gasteiger partial charge in [0, 0.05) is 6.54 Å². The lowest BCUT2D eigenvalue weighted by Gasteiger charge is -2.31. The molecule has 2 rings (SSSR count). The standard InChI is InChI=1S/C16H26N4O5/c1-4-16(3)14(23)20(15(24)17-16)18-12(21)10-19-8-6-7-11(9-19)13(22)25-5-2/h11H,4-10H2,1-3H3,(H,17,24)(H,18,21)/t11-,16-/m0/s1. The van der Waals surface area contributed by atoms with Crippen LogP contribution >= 0.6 is 0 Å². The molecule has 0 radical (unpaired) electrons. The average Bonchev–Trinajstić information content (AvgIpc) is 2.79. The average molecular weight is 354 g/mol. The highest BCUT2D eigenvalue weighted by atomic mass is 16.5. The van der Waals surface area contributed by atoms with Crippen LogP contribution in [-0.2, 0) is 19.1 Å². The molecule has 0 aliphatic carbocycles. The first-order chi connectivity index (χ1) is 11.8. The first-order valence-corrected chi connectivity index (χ1v) is 8.66. The number of hydrazine groups is 1. The monoisotopic (exact) mass is 354 g/mol. The van der Waals surface area contributed by atoms with Gasteiger partial charge in [-0.05, 0) is 39.7 Å². The molecular formula is C16H26N4O5. The van der Waals surface area contributed by atoms with Crippen molar-refractivity contribution < 1.29 is 23.9 Å². The fraction of sp³-hybridized carbons (Fsp3) is 0.750. The van der Waals surface area contributed by atoms with Gasteiger partial charge in [-0.25, -0.2) is 4.79 Å². The highest BCUT2D eigenvalue weighted by Gasteiger charge is 2.47. The number of rotatable bonds is 6. The minimum atomic E-state index is -0.996. The van der Waals surface area contributed by atoms with Crippen LogP contribution in [0.5, 0.6) is 0 Å². The predicted molar refractivity (Wildman–Crippen MR) is 88.0 cm³/mol. The van der Waals surface area contributed by atoms with Crippen molar-refractivity contribution >= 4 is 23.8 Å². The van der Waals surface area contributed by atoms with E-state index in [-0.39, 0.29) is 18.4 Å². The predicted octanol–water partition coefficient (Wildman–Crippen LogP) is 0.0132. The number of hydrogen-bond acceptors (Lipinski definition) is 6.